The van der Waals surface area contributed by atoms with Gasteiger partial charge in [-0.15, -0.1) is 0 Å². The van der Waals surface area contributed by atoms with E-state index in [2.05, 4.69) is 0 Å². The van der Waals surface area contributed by atoms with Gasteiger partial charge in [0.25, 0.3) is 0 Å². The van der Waals surface area contributed by atoms with E-state index >= 15 is 0 Å². The van der Waals surface area contributed by atoms with Crippen LogP contribution in [0.25, 0.3) is 0 Å². The van der Waals surface area contributed by atoms with Crippen LogP contribution in [0.5, 0.6) is 0 Å². The highest BCUT2D eigenvalue weighted by molar-refractivity contribution is 5.89. The number of piperidine rings is 1. The number of rotatable bonds is 4. The Kier molecular flexibility index (Phi) is 3.66. The number of carbonyl (C=O) groups excluding carboxylic acids is 1. The maximum absolute atomic E-state index is 12.0. The molecule has 0 aromatic heterocycles. The number of nitrogens with zero attached hydrogens (tertiary/aromatic N) is 1. The Bertz CT molecular complexity index is 310. The summed E-state index contributed by atoms with van der Waals surface area (Å²) in [5.74, 6) is -0.949. The number of hydrogen-bond acceptors (Lipinski definition) is 3. The zero-order valence-corrected chi connectivity index (χ0v) is 10.1. The van der Waals surface area contributed by atoms with Crippen LogP contribution in [-0.4, -0.2) is 48.7 Å². The summed E-state index contributed by atoms with van der Waals surface area (Å²) in [6.07, 6.45) is 2.44. The van der Waals surface area contributed by atoms with Crippen LogP contribution in [0.1, 0.15) is 19.3 Å². The Labute approximate surface area is 101 Å². The first-order valence-corrected chi connectivity index (χ1v) is 6.14. The molecule has 1 N–H and O–H groups in total. The molecule has 0 radical (unpaired) electrons. The van der Waals surface area contributed by atoms with Crippen molar-refractivity contribution in [1.82, 2.24) is 4.90 Å². The first-order valence-electron chi connectivity index (χ1n) is 6.14. The largest absolute Gasteiger partial charge is 0.481 e. The molecule has 0 aromatic carbocycles. The smallest absolute Gasteiger partial charge is 0.307 e. The SMILES string of the molecule is COCC1CCN(C(=O)[C@H]2C[C@@H]2C(=O)O)CC1. The number of likely N-dealkylation sites (tertiary alicyclic amines) is 1. The lowest BCUT2D eigenvalue weighted by atomic mass is 9.97. The normalized spacial score (nSPS) is 29.1. The Morgan fingerprint density at radius 1 is 1.29 bits per heavy atom. The van der Waals surface area contributed by atoms with Crippen LogP contribution in [0.4, 0.5) is 0 Å². The first kappa shape index (κ1) is 12.4. The molecule has 17 heavy (non-hydrogen) atoms. The highest BCUT2D eigenvalue weighted by atomic mass is 16.5. The second-order valence-electron chi connectivity index (χ2n) is 5.01. The van der Waals surface area contributed by atoms with E-state index in [-0.39, 0.29) is 11.8 Å². The molecule has 1 saturated heterocycles. The number of carboxylic acid groups (broad SMARTS) is 1. The lowest BCUT2D eigenvalue weighted by molar-refractivity contribution is -0.142. The molecule has 1 saturated carbocycles. The standard InChI is InChI=1S/C12H19NO4/c1-17-7-8-2-4-13(5-3-8)11(14)9-6-10(9)12(15)16/h8-10H,2-7H2,1H3,(H,15,16)/t9-,10-/m0/s1. The lowest BCUT2D eigenvalue weighted by Crippen LogP contribution is -2.40. The minimum atomic E-state index is -0.836. The van der Waals surface area contributed by atoms with E-state index in [9.17, 15) is 9.59 Å². The highest BCUT2D eigenvalue weighted by Gasteiger charge is 2.49. The van der Waals surface area contributed by atoms with Gasteiger partial charge in [0.05, 0.1) is 11.8 Å². The van der Waals surface area contributed by atoms with Crippen molar-refractivity contribution in [2.24, 2.45) is 17.8 Å². The van der Waals surface area contributed by atoms with E-state index in [0.29, 0.717) is 12.3 Å². The van der Waals surface area contributed by atoms with Gasteiger partial charge < -0.3 is 14.7 Å². The minimum absolute atomic E-state index is 0.0354. The first-order chi connectivity index (χ1) is 8.13. The van der Waals surface area contributed by atoms with E-state index in [4.69, 9.17) is 9.84 Å². The fourth-order valence-corrected chi connectivity index (χ4v) is 2.53. The van der Waals surface area contributed by atoms with Gasteiger partial charge in [-0.3, -0.25) is 9.59 Å². The van der Waals surface area contributed by atoms with Crippen LogP contribution in [-0.2, 0) is 14.3 Å². The van der Waals surface area contributed by atoms with Crippen molar-refractivity contribution in [2.45, 2.75) is 19.3 Å². The lowest BCUT2D eigenvalue weighted by Gasteiger charge is -2.31. The zero-order chi connectivity index (χ0) is 12.4. The average Bonchev–Trinajstić information content (AvgIpc) is 3.09. The summed E-state index contributed by atoms with van der Waals surface area (Å²) in [4.78, 5) is 24.5. The van der Waals surface area contributed by atoms with Crippen LogP contribution in [0, 0.1) is 17.8 Å². The molecular formula is C12H19NO4. The molecule has 96 valence electrons. The van der Waals surface area contributed by atoms with E-state index in [1.54, 1.807) is 7.11 Å². The third kappa shape index (κ3) is 2.77. The predicted molar refractivity (Wildman–Crippen MR) is 60.4 cm³/mol. The summed E-state index contributed by atoms with van der Waals surface area (Å²) in [7, 11) is 1.69. The highest BCUT2D eigenvalue weighted by Crippen LogP contribution is 2.40. The molecule has 1 heterocycles. The van der Waals surface area contributed by atoms with Crippen LogP contribution in [0.3, 0.4) is 0 Å². The van der Waals surface area contributed by atoms with Crippen molar-refractivity contribution in [2.75, 3.05) is 26.8 Å². The molecule has 2 rings (SSSR count). The molecule has 1 aliphatic heterocycles. The topological polar surface area (TPSA) is 66.8 Å². The van der Waals surface area contributed by atoms with Gasteiger partial charge in [-0.1, -0.05) is 0 Å². The summed E-state index contributed by atoms with van der Waals surface area (Å²) in [5.41, 5.74) is 0. The monoisotopic (exact) mass is 241 g/mol. The van der Waals surface area contributed by atoms with Crippen molar-refractivity contribution in [3.05, 3.63) is 0 Å². The van der Waals surface area contributed by atoms with E-state index in [1.165, 1.54) is 0 Å². The van der Waals surface area contributed by atoms with Crippen molar-refractivity contribution in [1.29, 1.82) is 0 Å². The summed E-state index contributed by atoms with van der Waals surface area (Å²) in [5, 5.41) is 8.80. The van der Waals surface area contributed by atoms with Gasteiger partial charge in [0, 0.05) is 26.8 Å². The average molecular weight is 241 g/mol. The summed E-state index contributed by atoms with van der Waals surface area (Å²) < 4.78 is 5.10. The fraction of sp³-hybridized carbons (Fsp3) is 0.833. The van der Waals surface area contributed by atoms with Gasteiger partial charge in [0.1, 0.15) is 0 Å². The van der Waals surface area contributed by atoms with Crippen molar-refractivity contribution in [3.8, 4) is 0 Å². The molecule has 1 amide bonds. The Hall–Kier alpha value is -1.10. The van der Waals surface area contributed by atoms with E-state index in [0.717, 1.165) is 32.5 Å². The summed E-state index contributed by atoms with van der Waals surface area (Å²) in [6.45, 7) is 2.24. The van der Waals surface area contributed by atoms with Gasteiger partial charge >= 0.3 is 5.97 Å². The number of aliphatic carboxylic acids is 1. The molecule has 2 fully saturated rings. The quantitative estimate of drug-likeness (QED) is 0.782. The van der Waals surface area contributed by atoms with Crippen molar-refractivity contribution < 1.29 is 19.4 Å². The Morgan fingerprint density at radius 3 is 2.41 bits per heavy atom. The number of ether oxygens (including phenoxy) is 1. The van der Waals surface area contributed by atoms with Gasteiger partial charge in [-0.25, -0.2) is 0 Å². The predicted octanol–water partition coefficient (Wildman–Crippen LogP) is 0.592. The fourth-order valence-electron chi connectivity index (χ4n) is 2.53. The van der Waals surface area contributed by atoms with Gasteiger partial charge in [-0.2, -0.15) is 0 Å². The maximum Gasteiger partial charge on any atom is 0.307 e. The molecular weight excluding hydrogens is 222 g/mol. The number of methoxy groups -OCH3 is 1. The zero-order valence-electron chi connectivity index (χ0n) is 10.1. The summed E-state index contributed by atoms with van der Waals surface area (Å²) >= 11 is 0. The summed E-state index contributed by atoms with van der Waals surface area (Å²) in [6, 6.07) is 0. The second kappa shape index (κ2) is 5.04. The molecule has 0 spiro atoms. The van der Waals surface area contributed by atoms with Crippen molar-refractivity contribution in [3.63, 3.8) is 0 Å². The van der Waals surface area contributed by atoms with Crippen LogP contribution in [0.2, 0.25) is 0 Å². The van der Waals surface area contributed by atoms with Crippen LogP contribution >= 0.6 is 0 Å². The third-order valence-electron chi connectivity index (χ3n) is 3.75. The van der Waals surface area contributed by atoms with Gasteiger partial charge in [0.2, 0.25) is 5.91 Å². The van der Waals surface area contributed by atoms with E-state index < -0.39 is 11.9 Å². The Morgan fingerprint density at radius 2 is 1.94 bits per heavy atom. The molecule has 0 unspecified atom stereocenters. The molecule has 5 nitrogen and oxygen atoms in total. The number of amides is 1. The minimum Gasteiger partial charge on any atom is -0.481 e. The molecule has 5 heteroatoms. The molecule has 2 atom stereocenters. The van der Waals surface area contributed by atoms with Crippen molar-refractivity contribution >= 4 is 11.9 Å². The number of hydrogen-bond donors (Lipinski definition) is 1. The second-order valence-corrected chi connectivity index (χ2v) is 5.01. The molecule has 0 bridgehead atoms. The number of carboxylic acids is 1. The van der Waals surface area contributed by atoms with Crippen LogP contribution in [0.15, 0.2) is 0 Å². The Balaban J connectivity index is 1.78. The van der Waals surface area contributed by atoms with Gasteiger partial charge in [-0.05, 0) is 25.2 Å². The van der Waals surface area contributed by atoms with Crippen LogP contribution < -0.4 is 0 Å². The van der Waals surface area contributed by atoms with E-state index in [1.807, 2.05) is 4.90 Å². The number of carbonyl (C=O) groups is 2. The third-order valence-corrected chi connectivity index (χ3v) is 3.75. The molecule has 1 aliphatic carbocycles. The molecule has 2 aliphatic rings. The molecule has 0 aromatic rings. The van der Waals surface area contributed by atoms with Gasteiger partial charge in [0.15, 0.2) is 0 Å². The maximum atomic E-state index is 12.0.